The highest BCUT2D eigenvalue weighted by Crippen LogP contribution is 2.40. The van der Waals surface area contributed by atoms with E-state index in [4.69, 9.17) is 5.11 Å². The average Bonchev–Trinajstić information content (AvgIpc) is 3.05. The third-order valence-electron chi connectivity index (χ3n) is 6.16. The van der Waals surface area contributed by atoms with Crippen LogP contribution >= 0.6 is 11.3 Å². The Morgan fingerprint density at radius 2 is 1.86 bits per heavy atom. The molecule has 0 spiro atoms. The minimum Gasteiger partial charge on any atom is -0.481 e. The largest absolute Gasteiger partial charge is 0.481 e. The first-order valence-corrected chi connectivity index (χ1v) is 11.8. The molecule has 7 heteroatoms. The number of carbonyl (C=O) groups is 3. The van der Waals surface area contributed by atoms with Gasteiger partial charge < -0.3 is 15.7 Å². The third-order valence-corrected chi connectivity index (χ3v) is 7.33. The fourth-order valence-electron chi connectivity index (χ4n) is 4.42. The van der Waals surface area contributed by atoms with E-state index in [1.165, 1.54) is 22.6 Å². The van der Waals surface area contributed by atoms with E-state index < -0.39 is 5.97 Å². The first-order valence-electron chi connectivity index (χ1n) is 10.9. The molecule has 0 aromatic carbocycles. The summed E-state index contributed by atoms with van der Waals surface area (Å²) in [5.41, 5.74) is 1.76. The fourth-order valence-corrected chi connectivity index (χ4v) is 5.80. The van der Waals surface area contributed by atoms with E-state index in [9.17, 15) is 14.4 Å². The highest BCUT2D eigenvalue weighted by Gasteiger charge is 2.30. The van der Waals surface area contributed by atoms with Gasteiger partial charge in [-0.25, -0.2) is 0 Å². The summed E-state index contributed by atoms with van der Waals surface area (Å²) >= 11 is 1.53. The van der Waals surface area contributed by atoms with Gasteiger partial charge in [0, 0.05) is 23.8 Å². The molecule has 3 rings (SSSR count). The van der Waals surface area contributed by atoms with Crippen molar-refractivity contribution in [2.75, 3.05) is 5.32 Å². The zero-order chi connectivity index (χ0) is 20.8. The Kier molecular flexibility index (Phi) is 7.70. The summed E-state index contributed by atoms with van der Waals surface area (Å²) in [7, 11) is 0. The van der Waals surface area contributed by atoms with Crippen molar-refractivity contribution in [2.45, 2.75) is 90.0 Å². The second-order valence-electron chi connectivity index (χ2n) is 8.33. The van der Waals surface area contributed by atoms with Crippen molar-refractivity contribution in [1.82, 2.24) is 5.32 Å². The third kappa shape index (κ3) is 5.81. The second kappa shape index (κ2) is 10.2. The molecule has 0 unspecified atom stereocenters. The molecule has 0 radical (unpaired) electrons. The van der Waals surface area contributed by atoms with E-state index in [1.54, 1.807) is 0 Å². The Hall–Kier alpha value is -1.89. The predicted molar refractivity (Wildman–Crippen MR) is 115 cm³/mol. The van der Waals surface area contributed by atoms with Crippen LogP contribution in [0.25, 0.3) is 0 Å². The fraction of sp³-hybridized carbons (Fsp3) is 0.682. The summed E-state index contributed by atoms with van der Waals surface area (Å²) in [5.74, 6) is -0.550. The molecule has 1 heterocycles. The van der Waals surface area contributed by atoms with Gasteiger partial charge in [-0.15, -0.1) is 11.3 Å². The molecule has 1 fully saturated rings. The maximum absolute atomic E-state index is 13.2. The van der Waals surface area contributed by atoms with E-state index >= 15 is 0 Å². The van der Waals surface area contributed by atoms with Crippen molar-refractivity contribution < 1.29 is 19.5 Å². The van der Waals surface area contributed by atoms with Gasteiger partial charge in [-0.2, -0.15) is 0 Å². The number of aliphatic carboxylic acids is 1. The number of amides is 2. The summed E-state index contributed by atoms with van der Waals surface area (Å²) in [6.07, 6.45) is 10.0. The van der Waals surface area contributed by atoms with Crippen molar-refractivity contribution in [1.29, 1.82) is 0 Å². The monoisotopic (exact) mass is 420 g/mol. The van der Waals surface area contributed by atoms with Gasteiger partial charge in [0.25, 0.3) is 5.91 Å². The van der Waals surface area contributed by atoms with Crippen LogP contribution in [0.3, 0.4) is 0 Å². The summed E-state index contributed by atoms with van der Waals surface area (Å²) in [4.78, 5) is 37.4. The molecule has 1 saturated carbocycles. The van der Waals surface area contributed by atoms with Crippen molar-refractivity contribution in [3.8, 4) is 0 Å². The van der Waals surface area contributed by atoms with Crippen LogP contribution in [0, 0.1) is 5.92 Å². The lowest BCUT2D eigenvalue weighted by Gasteiger charge is -2.24. The lowest BCUT2D eigenvalue weighted by Crippen LogP contribution is -2.37. The molecule has 2 aliphatic carbocycles. The lowest BCUT2D eigenvalue weighted by molar-refractivity contribution is -0.137. The minimum atomic E-state index is -0.900. The van der Waals surface area contributed by atoms with Crippen molar-refractivity contribution in [3.63, 3.8) is 0 Å². The van der Waals surface area contributed by atoms with E-state index in [-0.39, 0.29) is 30.7 Å². The Labute approximate surface area is 176 Å². The molecule has 0 saturated heterocycles. The molecule has 1 atom stereocenters. The van der Waals surface area contributed by atoms with E-state index in [2.05, 4.69) is 17.6 Å². The minimum absolute atomic E-state index is 0.0262. The average molecular weight is 421 g/mol. The molecule has 2 aliphatic rings. The van der Waals surface area contributed by atoms with E-state index in [0.29, 0.717) is 22.9 Å². The summed E-state index contributed by atoms with van der Waals surface area (Å²) in [6.45, 7) is 2.20. The van der Waals surface area contributed by atoms with Crippen LogP contribution in [0.5, 0.6) is 0 Å². The van der Waals surface area contributed by atoms with Crippen LogP contribution in [0.15, 0.2) is 0 Å². The quantitative estimate of drug-likeness (QED) is 0.576. The smallest absolute Gasteiger partial charge is 0.303 e. The molecule has 6 nitrogen and oxygen atoms in total. The number of carbonyl (C=O) groups excluding carboxylic acids is 2. The Morgan fingerprint density at radius 1 is 1.10 bits per heavy atom. The molecule has 160 valence electrons. The lowest BCUT2D eigenvalue weighted by atomic mass is 9.85. The molecule has 29 heavy (non-hydrogen) atoms. The number of nitrogens with one attached hydrogen (secondary N) is 2. The SMILES string of the molecule is CC[C@H]1CCc2c(sc(NC(=O)CCCC(=O)O)c2C(=O)NC2CCCCC2)C1. The van der Waals surface area contributed by atoms with Gasteiger partial charge >= 0.3 is 5.97 Å². The Morgan fingerprint density at radius 3 is 2.55 bits per heavy atom. The van der Waals surface area contributed by atoms with Crippen LogP contribution in [0.2, 0.25) is 0 Å². The van der Waals surface area contributed by atoms with Crippen LogP contribution in [-0.2, 0) is 22.4 Å². The number of hydrogen-bond donors (Lipinski definition) is 3. The highest BCUT2D eigenvalue weighted by atomic mass is 32.1. The molecule has 0 bridgehead atoms. The molecule has 3 N–H and O–H groups in total. The zero-order valence-electron chi connectivity index (χ0n) is 17.2. The summed E-state index contributed by atoms with van der Waals surface area (Å²) < 4.78 is 0. The second-order valence-corrected chi connectivity index (χ2v) is 9.43. The summed E-state index contributed by atoms with van der Waals surface area (Å²) in [6, 6.07) is 0.220. The molecular weight excluding hydrogens is 388 g/mol. The normalized spacial score (nSPS) is 19.4. The van der Waals surface area contributed by atoms with Gasteiger partial charge in [0.1, 0.15) is 5.00 Å². The van der Waals surface area contributed by atoms with Crippen LogP contribution < -0.4 is 10.6 Å². The molecule has 0 aliphatic heterocycles. The number of anilines is 1. The maximum Gasteiger partial charge on any atom is 0.303 e. The number of carboxylic acid groups (broad SMARTS) is 1. The number of fused-ring (bicyclic) bond motifs is 1. The first-order chi connectivity index (χ1) is 14.0. The highest BCUT2D eigenvalue weighted by molar-refractivity contribution is 7.17. The van der Waals surface area contributed by atoms with Gasteiger partial charge in [0.05, 0.1) is 5.56 Å². The van der Waals surface area contributed by atoms with Crippen LogP contribution in [-0.4, -0.2) is 28.9 Å². The van der Waals surface area contributed by atoms with E-state index in [0.717, 1.165) is 56.9 Å². The Balaban J connectivity index is 1.76. The standard InChI is InChI=1S/C22H32N2O4S/c1-2-14-11-12-16-17(13-14)29-22(24-18(25)9-6-10-19(26)27)20(16)21(28)23-15-7-4-3-5-8-15/h14-15H,2-13H2,1H3,(H,23,28)(H,24,25)(H,26,27)/t14-/m0/s1. The molecule has 2 amide bonds. The number of carboxylic acids is 1. The first kappa shape index (κ1) is 21.8. The van der Waals surface area contributed by atoms with Crippen LogP contribution in [0.4, 0.5) is 5.00 Å². The maximum atomic E-state index is 13.2. The predicted octanol–water partition coefficient (Wildman–Crippen LogP) is 4.52. The van der Waals surface area contributed by atoms with Gasteiger partial charge in [0.2, 0.25) is 5.91 Å². The number of thiophene rings is 1. The molecule has 1 aromatic rings. The number of hydrogen-bond acceptors (Lipinski definition) is 4. The van der Waals surface area contributed by atoms with Gasteiger partial charge in [-0.3, -0.25) is 14.4 Å². The topological polar surface area (TPSA) is 95.5 Å². The van der Waals surface area contributed by atoms with Crippen molar-refractivity contribution >= 4 is 34.1 Å². The van der Waals surface area contributed by atoms with Crippen molar-refractivity contribution in [2.24, 2.45) is 5.92 Å². The number of rotatable bonds is 8. The van der Waals surface area contributed by atoms with Crippen molar-refractivity contribution in [3.05, 3.63) is 16.0 Å². The van der Waals surface area contributed by atoms with Gasteiger partial charge in [0.15, 0.2) is 0 Å². The van der Waals surface area contributed by atoms with E-state index in [1.807, 2.05) is 0 Å². The molecule has 1 aromatic heterocycles. The van der Waals surface area contributed by atoms with Crippen LogP contribution in [0.1, 0.15) is 91.9 Å². The zero-order valence-corrected chi connectivity index (χ0v) is 18.0. The van der Waals surface area contributed by atoms with Gasteiger partial charge in [-0.05, 0) is 50.0 Å². The summed E-state index contributed by atoms with van der Waals surface area (Å²) in [5, 5.41) is 15.5. The Bertz CT molecular complexity index is 752. The van der Waals surface area contributed by atoms with Gasteiger partial charge in [-0.1, -0.05) is 32.6 Å². The molecular formula is C22H32N2O4S.